The topological polar surface area (TPSA) is 51.5 Å². The minimum atomic E-state index is 0.0836. The Hall–Kier alpha value is -1.89. The van der Waals surface area contributed by atoms with Gasteiger partial charge in [-0.1, -0.05) is 0 Å². The highest BCUT2D eigenvalue weighted by Gasteiger charge is 2.26. The van der Waals surface area contributed by atoms with Crippen molar-refractivity contribution >= 4 is 0 Å². The Balaban J connectivity index is 2.55. The summed E-state index contributed by atoms with van der Waals surface area (Å²) in [5, 5.41) is 9.03. The van der Waals surface area contributed by atoms with E-state index >= 15 is 0 Å². The van der Waals surface area contributed by atoms with Crippen LogP contribution in [0.3, 0.4) is 0 Å². The van der Waals surface area contributed by atoms with Crippen LogP contribution in [0.4, 0.5) is 0 Å². The largest absolute Gasteiger partial charge is 0.493 e. The van der Waals surface area contributed by atoms with Gasteiger partial charge in [-0.25, -0.2) is 0 Å². The van der Waals surface area contributed by atoms with E-state index in [2.05, 4.69) is 6.07 Å². The predicted molar refractivity (Wildman–Crippen MR) is 67.2 cm³/mol. The molecule has 0 aliphatic heterocycles. The van der Waals surface area contributed by atoms with E-state index < -0.39 is 0 Å². The van der Waals surface area contributed by atoms with Gasteiger partial charge in [0.15, 0.2) is 11.5 Å². The molecule has 0 radical (unpaired) electrons. The quantitative estimate of drug-likeness (QED) is 0.822. The normalized spacial score (nSPS) is 17.6. The predicted octanol–water partition coefficient (Wildman–Crippen LogP) is 2.34. The lowest BCUT2D eigenvalue weighted by Gasteiger charge is -2.24. The van der Waals surface area contributed by atoms with Crippen molar-refractivity contribution in [1.82, 2.24) is 0 Å². The number of benzene rings is 1. The van der Waals surface area contributed by atoms with Crippen LogP contribution >= 0.6 is 0 Å². The smallest absolute Gasteiger partial charge is 0.203 e. The summed E-state index contributed by atoms with van der Waals surface area (Å²) in [6.45, 7) is 0. The zero-order valence-electron chi connectivity index (χ0n) is 10.9. The molecule has 0 aromatic heterocycles. The average Bonchev–Trinajstić information content (AvgIpc) is 2.44. The molecule has 0 spiro atoms. The molecule has 0 heterocycles. The second-order valence-corrected chi connectivity index (χ2v) is 4.35. The Morgan fingerprint density at radius 2 is 1.89 bits per heavy atom. The van der Waals surface area contributed by atoms with Crippen molar-refractivity contribution in [1.29, 1.82) is 5.26 Å². The minimum absolute atomic E-state index is 0.0836. The van der Waals surface area contributed by atoms with E-state index in [0.29, 0.717) is 11.5 Å². The third kappa shape index (κ3) is 1.97. The lowest BCUT2D eigenvalue weighted by Crippen LogP contribution is -2.14. The fraction of sp³-hybridized carbons (Fsp3) is 0.500. The first-order valence-corrected chi connectivity index (χ1v) is 5.95. The highest BCUT2D eigenvalue weighted by molar-refractivity contribution is 5.60. The number of rotatable bonds is 3. The van der Waals surface area contributed by atoms with Crippen molar-refractivity contribution in [3.8, 4) is 23.3 Å². The van der Waals surface area contributed by atoms with Gasteiger partial charge in [-0.05, 0) is 30.9 Å². The highest BCUT2D eigenvalue weighted by atomic mass is 16.5. The first-order valence-electron chi connectivity index (χ1n) is 5.95. The Kier molecular flexibility index (Phi) is 3.61. The summed E-state index contributed by atoms with van der Waals surface area (Å²) in [7, 11) is 4.84. The molecule has 1 unspecified atom stereocenters. The number of hydrogen-bond donors (Lipinski definition) is 0. The van der Waals surface area contributed by atoms with Crippen LogP contribution in [0, 0.1) is 17.2 Å². The lowest BCUT2D eigenvalue weighted by atomic mass is 9.84. The van der Waals surface area contributed by atoms with Gasteiger partial charge < -0.3 is 14.2 Å². The van der Waals surface area contributed by atoms with Crippen molar-refractivity contribution in [3.63, 3.8) is 0 Å². The van der Waals surface area contributed by atoms with Crippen molar-refractivity contribution in [2.45, 2.75) is 19.3 Å². The van der Waals surface area contributed by atoms with Crippen molar-refractivity contribution in [2.24, 2.45) is 5.92 Å². The molecule has 1 atom stereocenters. The van der Waals surface area contributed by atoms with E-state index in [9.17, 15) is 0 Å². The van der Waals surface area contributed by atoms with Gasteiger partial charge in [0.2, 0.25) is 5.75 Å². The molecule has 2 rings (SSSR count). The van der Waals surface area contributed by atoms with Crippen LogP contribution in [-0.4, -0.2) is 21.3 Å². The molecule has 1 aliphatic rings. The lowest BCUT2D eigenvalue weighted by molar-refractivity contribution is 0.319. The molecular weight excluding hydrogens is 230 g/mol. The summed E-state index contributed by atoms with van der Waals surface area (Å²) in [4.78, 5) is 0. The fourth-order valence-electron chi connectivity index (χ4n) is 2.52. The summed E-state index contributed by atoms with van der Waals surface area (Å²) < 4.78 is 16.1. The Bertz CT molecular complexity index is 491. The van der Waals surface area contributed by atoms with E-state index in [0.717, 1.165) is 36.1 Å². The van der Waals surface area contributed by atoms with Gasteiger partial charge in [0.1, 0.15) is 0 Å². The van der Waals surface area contributed by atoms with Gasteiger partial charge in [0.25, 0.3) is 0 Å². The number of fused-ring (bicyclic) bond motifs is 1. The summed E-state index contributed by atoms with van der Waals surface area (Å²) in [6.07, 6.45) is 2.47. The molecule has 0 fully saturated rings. The molecule has 4 heteroatoms. The van der Waals surface area contributed by atoms with E-state index in [1.165, 1.54) is 0 Å². The first kappa shape index (κ1) is 12.6. The van der Waals surface area contributed by atoms with Gasteiger partial charge >= 0.3 is 0 Å². The molecule has 0 amide bonds. The van der Waals surface area contributed by atoms with Crippen LogP contribution in [0.1, 0.15) is 17.5 Å². The molecule has 1 aromatic carbocycles. The van der Waals surface area contributed by atoms with Gasteiger partial charge in [0.05, 0.1) is 33.3 Å². The Morgan fingerprint density at radius 1 is 1.17 bits per heavy atom. The summed E-state index contributed by atoms with van der Waals surface area (Å²) in [6, 6.07) is 4.29. The molecule has 1 aliphatic carbocycles. The summed E-state index contributed by atoms with van der Waals surface area (Å²) in [5.41, 5.74) is 2.27. The van der Waals surface area contributed by atoms with Crippen LogP contribution in [0.25, 0.3) is 0 Å². The minimum Gasteiger partial charge on any atom is -0.493 e. The SMILES string of the molecule is COc1cc2c(c(OC)c1OC)CCC(C#N)C2. The number of methoxy groups -OCH3 is 3. The molecule has 1 aromatic rings. The maximum Gasteiger partial charge on any atom is 0.203 e. The second kappa shape index (κ2) is 5.18. The number of nitrogens with zero attached hydrogens (tertiary/aromatic N) is 1. The van der Waals surface area contributed by atoms with E-state index in [4.69, 9.17) is 19.5 Å². The van der Waals surface area contributed by atoms with Crippen LogP contribution in [0.5, 0.6) is 17.2 Å². The number of nitriles is 1. The standard InChI is InChI=1S/C14H17NO3/c1-16-12-7-10-6-9(8-15)4-5-11(10)13(17-2)14(12)18-3/h7,9H,4-6H2,1-3H3. The van der Waals surface area contributed by atoms with Crippen LogP contribution in [0.2, 0.25) is 0 Å². The van der Waals surface area contributed by atoms with Crippen LogP contribution in [0.15, 0.2) is 6.07 Å². The van der Waals surface area contributed by atoms with Gasteiger partial charge in [0, 0.05) is 5.56 Å². The van der Waals surface area contributed by atoms with Crippen molar-refractivity contribution in [2.75, 3.05) is 21.3 Å². The molecule has 96 valence electrons. The van der Waals surface area contributed by atoms with Crippen molar-refractivity contribution < 1.29 is 14.2 Å². The molecular formula is C14H17NO3. The second-order valence-electron chi connectivity index (χ2n) is 4.35. The molecule has 0 bridgehead atoms. The monoisotopic (exact) mass is 247 g/mol. The number of ether oxygens (including phenoxy) is 3. The summed E-state index contributed by atoms with van der Waals surface area (Å²) >= 11 is 0. The average molecular weight is 247 g/mol. The van der Waals surface area contributed by atoms with Crippen LogP contribution < -0.4 is 14.2 Å². The van der Waals surface area contributed by atoms with Gasteiger partial charge in [-0.15, -0.1) is 0 Å². The van der Waals surface area contributed by atoms with Gasteiger partial charge in [-0.2, -0.15) is 5.26 Å². The zero-order chi connectivity index (χ0) is 13.1. The molecule has 0 saturated carbocycles. The molecule has 0 N–H and O–H groups in total. The molecule has 18 heavy (non-hydrogen) atoms. The maximum absolute atomic E-state index is 9.03. The van der Waals surface area contributed by atoms with E-state index in [-0.39, 0.29) is 5.92 Å². The van der Waals surface area contributed by atoms with E-state index in [1.807, 2.05) is 6.07 Å². The fourth-order valence-corrected chi connectivity index (χ4v) is 2.52. The maximum atomic E-state index is 9.03. The Labute approximate surface area is 107 Å². The molecule has 0 saturated heterocycles. The van der Waals surface area contributed by atoms with Gasteiger partial charge in [-0.3, -0.25) is 0 Å². The van der Waals surface area contributed by atoms with E-state index in [1.54, 1.807) is 21.3 Å². The third-order valence-corrected chi connectivity index (χ3v) is 3.42. The molecule has 4 nitrogen and oxygen atoms in total. The zero-order valence-corrected chi connectivity index (χ0v) is 10.9. The van der Waals surface area contributed by atoms with Crippen molar-refractivity contribution in [3.05, 3.63) is 17.2 Å². The summed E-state index contributed by atoms with van der Waals surface area (Å²) in [5.74, 6) is 2.12. The third-order valence-electron chi connectivity index (χ3n) is 3.42. The van der Waals surface area contributed by atoms with Crippen LogP contribution in [-0.2, 0) is 12.8 Å². The first-order chi connectivity index (χ1) is 8.74. The highest BCUT2D eigenvalue weighted by Crippen LogP contribution is 2.44. The number of hydrogen-bond acceptors (Lipinski definition) is 4. The Morgan fingerprint density at radius 3 is 2.44 bits per heavy atom.